The highest BCUT2D eigenvalue weighted by atomic mass is 79.9. The van der Waals surface area contributed by atoms with Gasteiger partial charge in [0.2, 0.25) is 10.0 Å². The summed E-state index contributed by atoms with van der Waals surface area (Å²) in [5, 5.41) is 0. The maximum Gasteiger partial charge on any atom is 0.244 e. The molecule has 1 aromatic rings. The molecule has 0 saturated carbocycles. The van der Waals surface area contributed by atoms with Crippen LogP contribution in [0.4, 0.5) is 5.82 Å². The first-order valence-electron chi connectivity index (χ1n) is 6.65. The molecule has 114 valence electrons. The summed E-state index contributed by atoms with van der Waals surface area (Å²) in [6.45, 7) is 6.17. The van der Waals surface area contributed by atoms with E-state index in [0.29, 0.717) is 10.4 Å². The van der Waals surface area contributed by atoms with Crippen LogP contribution >= 0.6 is 15.9 Å². The maximum absolute atomic E-state index is 12.3. The van der Waals surface area contributed by atoms with Crippen molar-refractivity contribution in [3.63, 3.8) is 0 Å². The van der Waals surface area contributed by atoms with Crippen molar-refractivity contribution in [1.29, 1.82) is 0 Å². The number of aromatic nitrogens is 1. The van der Waals surface area contributed by atoms with Crippen LogP contribution in [0.1, 0.15) is 40.0 Å². The second kappa shape index (κ2) is 7.38. The van der Waals surface area contributed by atoms with E-state index in [4.69, 9.17) is 5.73 Å². The summed E-state index contributed by atoms with van der Waals surface area (Å²) in [6, 6.07) is 1.34. The molecular weight excluding hydrogens is 342 g/mol. The second-order valence-corrected chi connectivity index (χ2v) is 7.98. The van der Waals surface area contributed by atoms with E-state index >= 15 is 0 Å². The zero-order chi connectivity index (χ0) is 15.3. The molecule has 7 heteroatoms. The maximum atomic E-state index is 12.3. The summed E-state index contributed by atoms with van der Waals surface area (Å²) >= 11 is 3.20. The Morgan fingerprint density at radius 3 is 2.60 bits per heavy atom. The molecule has 1 aromatic heterocycles. The highest BCUT2D eigenvalue weighted by Gasteiger charge is 2.21. The molecule has 1 unspecified atom stereocenters. The molecule has 0 aliphatic carbocycles. The Morgan fingerprint density at radius 1 is 1.35 bits per heavy atom. The normalized spacial score (nSPS) is 13.7. The van der Waals surface area contributed by atoms with E-state index in [1.54, 1.807) is 0 Å². The molecule has 1 rings (SSSR count). The van der Waals surface area contributed by atoms with Crippen molar-refractivity contribution >= 4 is 31.8 Å². The van der Waals surface area contributed by atoms with Gasteiger partial charge in [0.1, 0.15) is 10.7 Å². The van der Waals surface area contributed by atoms with E-state index < -0.39 is 10.0 Å². The highest BCUT2D eigenvalue weighted by Crippen LogP contribution is 2.21. The molecule has 20 heavy (non-hydrogen) atoms. The third kappa shape index (κ3) is 5.38. The smallest absolute Gasteiger partial charge is 0.244 e. The van der Waals surface area contributed by atoms with Gasteiger partial charge >= 0.3 is 0 Å². The SMILES string of the molecule is CC(C)CCCC(C)NS(=O)(=O)c1cc(Br)cnc1N. The van der Waals surface area contributed by atoms with Crippen molar-refractivity contribution in [3.8, 4) is 0 Å². The number of nitrogen functional groups attached to an aromatic ring is 1. The first-order chi connectivity index (χ1) is 9.22. The van der Waals surface area contributed by atoms with Crippen LogP contribution < -0.4 is 10.5 Å². The van der Waals surface area contributed by atoms with Crippen LogP contribution in [0.3, 0.4) is 0 Å². The Kier molecular flexibility index (Phi) is 6.42. The lowest BCUT2D eigenvalue weighted by Gasteiger charge is -2.15. The quantitative estimate of drug-likeness (QED) is 0.779. The first-order valence-corrected chi connectivity index (χ1v) is 8.93. The molecule has 0 amide bonds. The Morgan fingerprint density at radius 2 is 2.00 bits per heavy atom. The van der Waals surface area contributed by atoms with Crippen LogP contribution in [0.5, 0.6) is 0 Å². The number of hydrogen-bond acceptors (Lipinski definition) is 4. The molecule has 3 N–H and O–H groups in total. The van der Waals surface area contributed by atoms with Gasteiger partial charge in [0.05, 0.1) is 0 Å². The number of pyridine rings is 1. The molecule has 0 bridgehead atoms. The van der Waals surface area contributed by atoms with Crippen LogP contribution in [-0.2, 0) is 10.0 Å². The number of halogens is 1. The van der Waals surface area contributed by atoms with Gasteiger partial charge in [-0.05, 0) is 41.3 Å². The molecule has 1 atom stereocenters. The van der Waals surface area contributed by atoms with Gasteiger partial charge in [0.15, 0.2) is 0 Å². The molecule has 0 spiro atoms. The third-order valence-electron chi connectivity index (χ3n) is 2.91. The van der Waals surface area contributed by atoms with E-state index in [-0.39, 0.29) is 16.8 Å². The zero-order valence-corrected chi connectivity index (χ0v) is 14.5. The van der Waals surface area contributed by atoms with Gasteiger partial charge in [0.25, 0.3) is 0 Å². The minimum absolute atomic E-state index is 0.00933. The average molecular weight is 364 g/mol. The van der Waals surface area contributed by atoms with Crippen LogP contribution in [0, 0.1) is 5.92 Å². The van der Waals surface area contributed by atoms with Gasteiger partial charge < -0.3 is 5.73 Å². The van der Waals surface area contributed by atoms with Crippen molar-refractivity contribution in [1.82, 2.24) is 9.71 Å². The molecule has 0 aliphatic heterocycles. The third-order valence-corrected chi connectivity index (χ3v) is 4.97. The second-order valence-electron chi connectivity index (χ2n) is 5.38. The van der Waals surface area contributed by atoms with Gasteiger partial charge in [-0.25, -0.2) is 18.1 Å². The topological polar surface area (TPSA) is 85.1 Å². The van der Waals surface area contributed by atoms with E-state index in [1.807, 2.05) is 6.92 Å². The summed E-state index contributed by atoms with van der Waals surface area (Å²) in [7, 11) is -3.63. The zero-order valence-electron chi connectivity index (χ0n) is 12.1. The van der Waals surface area contributed by atoms with Crippen molar-refractivity contribution in [2.45, 2.75) is 51.0 Å². The van der Waals surface area contributed by atoms with E-state index in [0.717, 1.165) is 19.3 Å². The van der Waals surface area contributed by atoms with Gasteiger partial charge in [-0.1, -0.05) is 26.7 Å². The summed E-state index contributed by atoms with van der Waals surface area (Å²) < 4.78 is 27.8. The number of sulfonamides is 1. The van der Waals surface area contributed by atoms with Crippen molar-refractivity contribution in [2.75, 3.05) is 5.73 Å². The number of nitrogens with two attached hydrogens (primary N) is 1. The fourth-order valence-corrected chi connectivity index (χ4v) is 3.73. The molecule has 0 aromatic carbocycles. The fourth-order valence-electron chi connectivity index (χ4n) is 1.87. The van der Waals surface area contributed by atoms with Crippen molar-refractivity contribution in [2.24, 2.45) is 5.92 Å². The lowest BCUT2D eigenvalue weighted by Crippen LogP contribution is -2.33. The number of anilines is 1. The molecule has 1 heterocycles. The van der Waals surface area contributed by atoms with Crippen molar-refractivity contribution in [3.05, 3.63) is 16.7 Å². The number of nitrogens with zero attached hydrogens (tertiary/aromatic N) is 1. The minimum atomic E-state index is -3.63. The Labute approximate surface area is 129 Å². The van der Waals surface area contributed by atoms with E-state index in [2.05, 4.69) is 39.5 Å². The Bertz CT molecular complexity index is 547. The summed E-state index contributed by atoms with van der Waals surface area (Å²) in [6.07, 6.45) is 4.36. The molecule has 0 saturated heterocycles. The number of hydrogen-bond donors (Lipinski definition) is 2. The van der Waals surface area contributed by atoms with Crippen LogP contribution in [-0.4, -0.2) is 19.4 Å². The van der Waals surface area contributed by atoms with E-state index in [9.17, 15) is 8.42 Å². The van der Waals surface area contributed by atoms with Crippen LogP contribution in [0.15, 0.2) is 21.6 Å². The minimum Gasteiger partial charge on any atom is -0.383 e. The highest BCUT2D eigenvalue weighted by molar-refractivity contribution is 9.10. The average Bonchev–Trinajstić information content (AvgIpc) is 2.31. The Balaban J connectivity index is 2.72. The molecule has 5 nitrogen and oxygen atoms in total. The number of nitrogens with one attached hydrogen (secondary N) is 1. The molecule has 0 fully saturated rings. The standard InChI is InChI=1S/C13H22BrN3O2S/c1-9(2)5-4-6-10(3)17-20(18,19)12-7-11(14)8-16-13(12)15/h7-10,17H,4-6H2,1-3H3,(H2,15,16). The van der Waals surface area contributed by atoms with Gasteiger partial charge in [-0.2, -0.15) is 0 Å². The number of rotatable bonds is 7. The lowest BCUT2D eigenvalue weighted by molar-refractivity contribution is 0.488. The van der Waals surface area contributed by atoms with Gasteiger partial charge in [-0.3, -0.25) is 0 Å². The van der Waals surface area contributed by atoms with Crippen molar-refractivity contribution < 1.29 is 8.42 Å². The summed E-state index contributed by atoms with van der Waals surface area (Å²) in [5.41, 5.74) is 5.64. The largest absolute Gasteiger partial charge is 0.383 e. The monoisotopic (exact) mass is 363 g/mol. The fraction of sp³-hybridized carbons (Fsp3) is 0.615. The molecular formula is C13H22BrN3O2S. The summed E-state index contributed by atoms with van der Waals surface area (Å²) in [4.78, 5) is 3.87. The van der Waals surface area contributed by atoms with Gasteiger partial charge in [0, 0.05) is 16.7 Å². The predicted molar refractivity (Wildman–Crippen MR) is 84.8 cm³/mol. The molecule has 0 radical (unpaired) electrons. The lowest BCUT2D eigenvalue weighted by atomic mass is 10.0. The predicted octanol–water partition coefficient (Wildman–Crippen LogP) is 2.92. The first kappa shape index (κ1) is 17.4. The Hall–Kier alpha value is -0.660. The van der Waals surface area contributed by atoms with Crippen LogP contribution in [0.25, 0.3) is 0 Å². The van der Waals surface area contributed by atoms with Crippen LogP contribution in [0.2, 0.25) is 0 Å². The summed E-state index contributed by atoms with van der Waals surface area (Å²) in [5.74, 6) is 0.638. The molecule has 0 aliphatic rings. The van der Waals surface area contributed by atoms with Gasteiger partial charge in [-0.15, -0.1) is 0 Å². The van der Waals surface area contributed by atoms with E-state index in [1.165, 1.54) is 12.3 Å².